The molecule has 0 saturated carbocycles. The number of carbonyl (C=O) groups is 1. The lowest BCUT2D eigenvalue weighted by Crippen LogP contribution is -2.28. The summed E-state index contributed by atoms with van der Waals surface area (Å²) >= 11 is 0. The Labute approximate surface area is 121 Å². The van der Waals surface area contributed by atoms with Crippen LogP contribution in [0.4, 0.5) is 10.2 Å². The molecule has 0 bridgehead atoms. The molecular formula is C15H16FN3O2. The van der Waals surface area contributed by atoms with Crippen LogP contribution < -0.4 is 5.32 Å². The largest absolute Gasteiger partial charge is 0.477 e. The Balaban J connectivity index is 2.48. The first-order valence-electron chi connectivity index (χ1n) is 6.41. The Morgan fingerprint density at radius 3 is 2.38 bits per heavy atom. The molecule has 1 aromatic heterocycles. The third kappa shape index (κ3) is 3.75. The van der Waals surface area contributed by atoms with E-state index in [4.69, 9.17) is 0 Å². The average Bonchev–Trinajstić information content (AvgIpc) is 2.37. The second-order valence-corrected chi connectivity index (χ2v) is 5.64. The summed E-state index contributed by atoms with van der Waals surface area (Å²) in [6.45, 7) is 5.70. The summed E-state index contributed by atoms with van der Waals surface area (Å²) in [5.41, 5.74) is 0.264. The first kappa shape index (κ1) is 14.9. The van der Waals surface area contributed by atoms with E-state index in [0.29, 0.717) is 11.4 Å². The van der Waals surface area contributed by atoms with Crippen LogP contribution in [0.1, 0.15) is 31.1 Å². The molecule has 1 aromatic carbocycles. The van der Waals surface area contributed by atoms with E-state index in [1.165, 1.54) is 18.3 Å². The first-order chi connectivity index (χ1) is 9.76. The monoisotopic (exact) mass is 289 g/mol. The maximum absolute atomic E-state index is 12.9. The highest BCUT2D eigenvalue weighted by atomic mass is 19.1. The van der Waals surface area contributed by atoms with Crippen molar-refractivity contribution in [3.05, 3.63) is 41.8 Å². The molecule has 2 aromatic rings. The molecule has 5 nitrogen and oxygen atoms in total. The molecule has 1 heterocycles. The summed E-state index contributed by atoms with van der Waals surface area (Å²) in [5.74, 6) is -0.877. The lowest BCUT2D eigenvalue weighted by molar-refractivity contribution is 0.0697. The van der Waals surface area contributed by atoms with Gasteiger partial charge < -0.3 is 10.4 Å². The lowest BCUT2D eigenvalue weighted by Gasteiger charge is -2.22. The molecular weight excluding hydrogens is 273 g/mol. The average molecular weight is 289 g/mol. The van der Waals surface area contributed by atoms with Crippen molar-refractivity contribution < 1.29 is 14.3 Å². The Morgan fingerprint density at radius 2 is 1.86 bits per heavy atom. The number of hydrogen-bond acceptors (Lipinski definition) is 4. The van der Waals surface area contributed by atoms with E-state index in [9.17, 15) is 14.3 Å². The van der Waals surface area contributed by atoms with Crippen molar-refractivity contribution in [1.82, 2.24) is 9.97 Å². The van der Waals surface area contributed by atoms with Crippen molar-refractivity contribution in [3.8, 4) is 11.4 Å². The molecule has 2 rings (SSSR count). The van der Waals surface area contributed by atoms with Crippen LogP contribution in [0.5, 0.6) is 0 Å². The molecule has 21 heavy (non-hydrogen) atoms. The zero-order valence-corrected chi connectivity index (χ0v) is 12.0. The van der Waals surface area contributed by atoms with Gasteiger partial charge in [-0.2, -0.15) is 0 Å². The number of aromatic carboxylic acids is 1. The molecule has 0 aliphatic rings. The summed E-state index contributed by atoms with van der Waals surface area (Å²) < 4.78 is 12.9. The van der Waals surface area contributed by atoms with E-state index < -0.39 is 5.97 Å². The van der Waals surface area contributed by atoms with Gasteiger partial charge in [0.2, 0.25) is 0 Å². The Kier molecular flexibility index (Phi) is 3.88. The summed E-state index contributed by atoms with van der Waals surface area (Å²) in [7, 11) is 0. The number of rotatable bonds is 3. The molecule has 0 amide bonds. The van der Waals surface area contributed by atoms with Gasteiger partial charge in [-0.1, -0.05) is 0 Å². The minimum Gasteiger partial charge on any atom is -0.477 e. The van der Waals surface area contributed by atoms with Crippen LogP contribution in [-0.2, 0) is 0 Å². The fourth-order valence-corrected chi connectivity index (χ4v) is 1.73. The molecule has 0 unspecified atom stereocenters. The zero-order valence-electron chi connectivity index (χ0n) is 12.0. The quantitative estimate of drug-likeness (QED) is 0.907. The Hall–Kier alpha value is -2.50. The second kappa shape index (κ2) is 5.47. The van der Waals surface area contributed by atoms with Gasteiger partial charge in [0.1, 0.15) is 17.2 Å². The van der Waals surface area contributed by atoms with Gasteiger partial charge in [-0.05, 0) is 45.0 Å². The molecule has 2 N–H and O–H groups in total. The van der Waals surface area contributed by atoms with Crippen molar-refractivity contribution in [1.29, 1.82) is 0 Å². The molecule has 110 valence electrons. The fraction of sp³-hybridized carbons (Fsp3) is 0.267. The molecule has 0 spiro atoms. The van der Waals surface area contributed by atoms with Crippen molar-refractivity contribution in [2.24, 2.45) is 0 Å². The van der Waals surface area contributed by atoms with Crippen molar-refractivity contribution in [2.45, 2.75) is 26.3 Å². The first-order valence-corrected chi connectivity index (χ1v) is 6.41. The number of benzene rings is 1. The number of halogens is 1. The normalized spacial score (nSPS) is 11.2. The van der Waals surface area contributed by atoms with Gasteiger partial charge in [0.15, 0.2) is 5.82 Å². The maximum atomic E-state index is 12.9. The van der Waals surface area contributed by atoms with Crippen molar-refractivity contribution in [2.75, 3.05) is 5.32 Å². The third-order valence-corrected chi connectivity index (χ3v) is 2.61. The van der Waals surface area contributed by atoms with E-state index in [2.05, 4.69) is 15.3 Å². The van der Waals surface area contributed by atoms with Gasteiger partial charge in [-0.15, -0.1) is 0 Å². The minimum absolute atomic E-state index is 0.00390. The van der Waals surface area contributed by atoms with Crippen LogP contribution >= 0.6 is 0 Å². The zero-order chi connectivity index (χ0) is 15.6. The standard InChI is InChI=1S/C15H16FN3O2/c1-15(2,3)19-13-11(14(20)21)8-17-12(18-13)9-4-6-10(16)7-5-9/h4-8H,1-3H3,(H,20,21)(H,17,18,19). The fourth-order valence-electron chi connectivity index (χ4n) is 1.73. The third-order valence-electron chi connectivity index (χ3n) is 2.61. The second-order valence-electron chi connectivity index (χ2n) is 5.64. The topological polar surface area (TPSA) is 75.1 Å². The SMILES string of the molecule is CC(C)(C)Nc1nc(-c2ccc(F)cc2)ncc1C(=O)O. The summed E-state index contributed by atoms with van der Waals surface area (Å²) in [4.78, 5) is 19.5. The van der Waals surface area contributed by atoms with Gasteiger partial charge in [-0.25, -0.2) is 19.2 Å². The van der Waals surface area contributed by atoms with Crippen LogP contribution in [0.25, 0.3) is 11.4 Å². The number of carboxylic acids is 1. The molecule has 0 aliphatic heterocycles. The highest BCUT2D eigenvalue weighted by Crippen LogP contribution is 2.22. The van der Waals surface area contributed by atoms with Crippen LogP contribution in [0, 0.1) is 5.82 Å². The van der Waals surface area contributed by atoms with Crippen LogP contribution in [0.2, 0.25) is 0 Å². The predicted octanol–water partition coefficient (Wildman–Crippen LogP) is 3.19. The van der Waals surface area contributed by atoms with Gasteiger partial charge in [0.25, 0.3) is 0 Å². The number of anilines is 1. The summed E-state index contributed by atoms with van der Waals surface area (Å²) in [5, 5.41) is 12.2. The number of hydrogen-bond donors (Lipinski definition) is 2. The van der Waals surface area contributed by atoms with Gasteiger partial charge in [0, 0.05) is 17.3 Å². The summed E-state index contributed by atoms with van der Waals surface area (Å²) in [6.07, 6.45) is 1.25. The Morgan fingerprint density at radius 1 is 1.24 bits per heavy atom. The van der Waals surface area contributed by atoms with Gasteiger partial charge in [-0.3, -0.25) is 0 Å². The molecule has 0 atom stereocenters. The highest BCUT2D eigenvalue weighted by Gasteiger charge is 2.19. The highest BCUT2D eigenvalue weighted by molar-refractivity contribution is 5.93. The Bertz CT molecular complexity index is 664. The van der Waals surface area contributed by atoms with E-state index >= 15 is 0 Å². The molecule has 6 heteroatoms. The number of nitrogens with zero attached hydrogens (tertiary/aromatic N) is 2. The minimum atomic E-state index is -1.10. The number of nitrogens with one attached hydrogen (secondary N) is 1. The predicted molar refractivity (Wildman–Crippen MR) is 77.8 cm³/mol. The number of aromatic nitrogens is 2. The van der Waals surface area contributed by atoms with E-state index in [-0.39, 0.29) is 22.7 Å². The van der Waals surface area contributed by atoms with Crippen LogP contribution in [0.15, 0.2) is 30.5 Å². The van der Waals surface area contributed by atoms with Gasteiger partial charge >= 0.3 is 5.97 Å². The van der Waals surface area contributed by atoms with E-state index in [1.807, 2.05) is 20.8 Å². The van der Waals surface area contributed by atoms with Gasteiger partial charge in [0.05, 0.1) is 0 Å². The van der Waals surface area contributed by atoms with Crippen molar-refractivity contribution >= 4 is 11.8 Å². The molecule has 0 aliphatic carbocycles. The summed E-state index contributed by atoms with van der Waals surface area (Å²) in [6, 6.07) is 5.71. The lowest BCUT2D eigenvalue weighted by atomic mass is 10.1. The van der Waals surface area contributed by atoms with Crippen molar-refractivity contribution in [3.63, 3.8) is 0 Å². The van der Waals surface area contributed by atoms with E-state index in [1.54, 1.807) is 12.1 Å². The van der Waals surface area contributed by atoms with E-state index in [0.717, 1.165) is 0 Å². The van der Waals surface area contributed by atoms with Crippen LogP contribution in [0.3, 0.4) is 0 Å². The maximum Gasteiger partial charge on any atom is 0.341 e. The molecule has 0 fully saturated rings. The molecule has 0 saturated heterocycles. The number of carboxylic acid groups (broad SMARTS) is 1. The molecule has 0 radical (unpaired) electrons. The smallest absolute Gasteiger partial charge is 0.341 e. The van der Waals surface area contributed by atoms with Crippen LogP contribution in [-0.4, -0.2) is 26.6 Å².